The van der Waals surface area contributed by atoms with Crippen LogP contribution in [0.3, 0.4) is 0 Å². The molecule has 0 fully saturated rings. The van der Waals surface area contributed by atoms with E-state index in [1.165, 1.54) is 20.0 Å². The van der Waals surface area contributed by atoms with Crippen LogP contribution in [0.15, 0.2) is 80.7 Å². The van der Waals surface area contributed by atoms with Gasteiger partial charge in [0.1, 0.15) is 0 Å². The summed E-state index contributed by atoms with van der Waals surface area (Å²) in [6.45, 7) is 10.7. The summed E-state index contributed by atoms with van der Waals surface area (Å²) in [5, 5.41) is 0. The number of rotatable bonds is 5. The minimum absolute atomic E-state index is 0. The van der Waals surface area contributed by atoms with Gasteiger partial charge in [0.05, 0.1) is 0 Å². The SMILES string of the molecule is CC1=C(C)C(C)(C)[C]([Zr+2]([NH]C(=O)c2ccccc2)[NH]C(=O)c2ccccc2)=C1C.[Cl-].[Cl-]. The van der Waals surface area contributed by atoms with Crippen molar-refractivity contribution in [2.75, 3.05) is 0 Å². The van der Waals surface area contributed by atoms with Gasteiger partial charge in [0.15, 0.2) is 0 Å². The molecule has 3 rings (SSSR count). The van der Waals surface area contributed by atoms with Gasteiger partial charge in [-0.3, -0.25) is 0 Å². The molecule has 0 radical (unpaired) electrons. The van der Waals surface area contributed by atoms with Crippen molar-refractivity contribution in [3.63, 3.8) is 0 Å². The zero-order valence-corrected chi connectivity index (χ0v) is 22.3. The fourth-order valence-electron chi connectivity index (χ4n) is 3.80. The summed E-state index contributed by atoms with van der Waals surface area (Å²) in [5.74, 6) is -0.265. The molecule has 163 valence electrons. The summed E-state index contributed by atoms with van der Waals surface area (Å²) in [4.78, 5) is 25.9. The van der Waals surface area contributed by atoms with Gasteiger partial charge in [-0.2, -0.15) is 0 Å². The van der Waals surface area contributed by atoms with Gasteiger partial charge in [-0.1, -0.05) is 0 Å². The number of carbonyl (C=O) groups is 2. The summed E-state index contributed by atoms with van der Waals surface area (Å²) in [5.41, 5.74) is 4.78. The fraction of sp³-hybridized carbons (Fsp3) is 0.250. The van der Waals surface area contributed by atoms with Crippen LogP contribution in [0.2, 0.25) is 0 Å². The minimum atomic E-state index is -3.09. The standard InChI is InChI=1S/C10H15.2C7H7NO.2ClH.Zr/c1-7-6-10(4,5)9(3)8(7)2;2*8-7(9)6-4-2-1-3-5-6;;;/h1-5H3;2*1-5H,(H2,8,9);2*1H;/q;;;;;+4/p-4. The third kappa shape index (κ3) is 5.77. The Labute approximate surface area is 205 Å². The number of allylic oxidation sites excluding steroid dienone is 4. The average Bonchev–Trinajstić information content (AvgIpc) is 2.87. The molecule has 0 spiro atoms. The molecule has 0 atom stereocenters. The number of carbonyl (C=O) groups excluding carboxylic acids is 2. The Morgan fingerprint density at radius 3 is 1.42 bits per heavy atom. The Hall–Kier alpha value is -1.68. The number of hydrogen-bond donors (Lipinski definition) is 2. The van der Waals surface area contributed by atoms with E-state index in [2.05, 4.69) is 41.1 Å². The molecule has 2 aromatic rings. The van der Waals surface area contributed by atoms with Crippen LogP contribution >= 0.6 is 0 Å². The van der Waals surface area contributed by atoms with Gasteiger partial charge in [-0.25, -0.2) is 0 Å². The molecular formula is C24H27Cl2N2O2Zr. The van der Waals surface area contributed by atoms with E-state index in [1.54, 1.807) is 24.3 Å². The summed E-state index contributed by atoms with van der Waals surface area (Å²) < 4.78 is 7.70. The zero-order chi connectivity index (χ0) is 21.2. The molecule has 0 saturated heterocycles. The second kappa shape index (κ2) is 11.3. The topological polar surface area (TPSA) is 58.2 Å². The molecule has 2 N–H and O–H groups in total. The van der Waals surface area contributed by atoms with Crippen molar-refractivity contribution in [1.82, 2.24) is 6.52 Å². The Morgan fingerprint density at radius 2 is 1.10 bits per heavy atom. The van der Waals surface area contributed by atoms with E-state index >= 15 is 0 Å². The van der Waals surface area contributed by atoms with Crippen LogP contribution in [0.1, 0.15) is 55.3 Å². The van der Waals surface area contributed by atoms with Crippen molar-refractivity contribution in [2.45, 2.75) is 34.6 Å². The summed E-state index contributed by atoms with van der Waals surface area (Å²) >= 11 is -3.09. The minimum Gasteiger partial charge on any atom is -1.00 e. The molecule has 1 aliphatic rings. The molecule has 0 heterocycles. The maximum atomic E-state index is 13.0. The van der Waals surface area contributed by atoms with Crippen LogP contribution < -0.4 is 31.3 Å². The molecule has 2 amide bonds. The molecule has 0 aliphatic heterocycles. The smallest absolute Gasteiger partial charge is 1.00 e. The second-order valence-electron chi connectivity index (χ2n) is 7.89. The number of hydrogen-bond acceptors (Lipinski definition) is 2. The van der Waals surface area contributed by atoms with Crippen molar-refractivity contribution in [2.24, 2.45) is 5.41 Å². The molecule has 0 bridgehead atoms. The van der Waals surface area contributed by atoms with Crippen LogP contribution in [-0.4, -0.2) is 11.8 Å². The quantitative estimate of drug-likeness (QED) is 0.512. The maximum Gasteiger partial charge on any atom is -1.00 e. The van der Waals surface area contributed by atoms with E-state index in [0.717, 1.165) is 0 Å². The molecule has 31 heavy (non-hydrogen) atoms. The van der Waals surface area contributed by atoms with Gasteiger partial charge in [0.2, 0.25) is 0 Å². The van der Waals surface area contributed by atoms with E-state index in [0.29, 0.717) is 11.1 Å². The zero-order valence-electron chi connectivity index (χ0n) is 18.3. The number of halogens is 2. The van der Waals surface area contributed by atoms with Crippen molar-refractivity contribution < 1.29 is 56.7 Å². The summed E-state index contributed by atoms with van der Waals surface area (Å²) in [6, 6.07) is 18.3. The van der Waals surface area contributed by atoms with Gasteiger partial charge in [0, 0.05) is 0 Å². The fourth-order valence-corrected chi connectivity index (χ4v) is 9.77. The van der Waals surface area contributed by atoms with Crippen LogP contribution in [0.4, 0.5) is 0 Å². The molecular weight excluding hydrogens is 510 g/mol. The van der Waals surface area contributed by atoms with Gasteiger partial charge >= 0.3 is 182 Å². The Kier molecular flexibility index (Phi) is 9.94. The van der Waals surface area contributed by atoms with Crippen LogP contribution in [0, 0.1) is 5.41 Å². The van der Waals surface area contributed by atoms with Gasteiger partial charge in [0.25, 0.3) is 0 Å². The van der Waals surface area contributed by atoms with Crippen LogP contribution in [0.5, 0.6) is 0 Å². The number of benzene rings is 2. The molecule has 0 saturated carbocycles. The summed E-state index contributed by atoms with van der Waals surface area (Å²) in [6.07, 6.45) is 0. The Morgan fingerprint density at radius 1 is 0.710 bits per heavy atom. The van der Waals surface area contributed by atoms with E-state index in [1.807, 2.05) is 36.4 Å². The third-order valence-electron chi connectivity index (χ3n) is 5.86. The Bertz CT molecular complexity index is 949. The monoisotopic (exact) mass is 535 g/mol. The molecule has 7 heteroatoms. The number of nitrogens with one attached hydrogen (secondary N) is 2. The first-order chi connectivity index (χ1) is 13.7. The van der Waals surface area contributed by atoms with Crippen molar-refractivity contribution in [3.8, 4) is 0 Å². The first-order valence-corrected chi connectivity index (χ1v) is 13.4. The van der Waals surface area contributed by atoms with Crippen molar-refractivity contribution >= 4 is 11.8 Å². The van der Waals surface area contributed by atoms with E-state index < -0.39 is 22.3 Å². The van der Waals surface area contributed by atoms with Gasteiger partial charge in [-0.05, 0) is 0 Å². The number of amides is 2. The van der Waals surface area contributed by atoms with Crippen molar-refractivity contribution in [3.05, 3.63) is 91.8 Å². The molecule has 0 unspecified atom stereocenters. The molecule has 4 nitrogen and oxygen atoms in total. The maximum absolute atomic E-state index is 13.0. The molecule has 1 aliphatic carbocycles. The van der Waals surface area contributed by atoms with Gasteiger partial charge in [-0.15, -0.1) is 0 Å². The normalized spacial score (nSPS) is 14.4. The van der Waals surface area contributed by atoms with E-state index in [4.69, 9.17) is 0 Å². The van der Waals surface area contributed by atoms with Crippen LogP contribution in [0.25, 0.3) is 0 Å². The molecule has 2 aromatic carbocycles. The largest absolute Gasteiger partial charge is 1.00 e. The van der Waals surface area contributed by atoms with Gasteiger partial charge < -0.3 is 24.8 Å². The van der Waals surface area contributed by atoms with E-state index in [-0.39, 0.29) is 42.0 Å². The van der Waals surface area contributed by atoms with Crippen molar-refractivity contribution in [1.29, 1.82) is 0 Å². The first-order valence-electron chi connectivity index (χ1n) is 9.73. The van der Waals surface area contributed by atoms with Crippen LogP contribution in [-0.2, 0) is 22.3 Å². The average molecular weight is 538 g/mol. The summed E-state index contributed by atoms with van der Waals surface area (Å²) in [7, 11) is 0. The molecule has 0 aromatic heterocycles. The third-order valence-corrected chi connectivity index (χ3v) is 11.9. The van der Waals surface area contributed by atoms with E-state index in [9.17, 15) is 9.59 Å². The Balaban J connectivity index is 0.00000240. The predicted octanol–water partition coefficient (Wildman–Crippen LogP) is -1.05. The predicted molar refractivity (Wildman–Crippen MR) is 113 cm³/mol. The second-order valence-corrected chi connectivity index (χ2v) is 12.2. The first kappa shape index (κ1) is 27.4.